The zero-order valence-corrected chi connectivity index (χ0v) is 19.9. The van der Waals surface area contributed by atoms with Crippen molar-refractivity contribution in [3.63, 3.8) is 0 Å². The fourth-order valence-electron chi connectivity index (χ4n) is 4.21. The Morgan fingerprint density at radius 2 is 1.91 bits per heavy atom. The van der Waals surface area contributed by atoms with Gasteiger partial charge in [-0.05, 0) is 50.8 Å². The molecular weight excluding hydrogens is 432 g/mol. The number of phenols is 1. The van der Waals surface area contributed by atoms with E-state index in [-0.39, 0.29) is 29.6 Å². The number of carbonyl (C=O) groups excluding carboxylic acids is 1. The summed E-state index contributed by atoms with van der Waals surface area (Å²) in [4.78, 5) is 12.9. The molecule has 1 N–H and O–H groups in total. The third-order valence-electron chi connectivity index (χ3n) is 5.81. The maximum atomic E-state index is 12.9. The van der Waals surface area contributed by atoms with Crippen molar-refractivity contribution >= 4 is 12.0 Å². The van der Waals surface area contributed by atoms with Crippen molar-refractivity contribution in [2.75, 3.05) is 0 Å². The summed E-state index contributed by atoms with van der Waals surface area (Å²) in [6, 6.07) is 13.0. The molecule has 0 spiro atoms. The summed E-state index contributed by atoms with van der Waals surface area (Å²) < 4.78 is 23.6. The van der Waals surface area contributed by atoms with Gasteiger partial charge in [0.15, 0.2) is 5.79 Å². The molecule has 2 heterocycles. The predicted octanol–water partition coefficient (Wildman–Crippen LogP) is 5.79. The van der Waals surface area contributed by atoms with Crippen LogP contribution in [0.25, 0.3) is 6.08 Å². The summed E-state index contributed by atoms with van der Waals surface area (Å²) in [5, 5.41) is 10.7. The maximum Gasteiger partial charge on any atom is 0.342 e. The molecule has 6 nitrogen and oxygen atoms in total. The topological polar surface area (TPSA) is 74.2 Å². The van der Waals surface area contributed by atoms with Gasteiger partial charge in [-0.1, -0.05) is 54.6 Å². The second kappa shape index (κ2) is 10.5. The quantitative estimate of drug-likeness (QED) is 0.458. The van der Waals surface area contributed by atoms with Crippen molar-refractivity contribution in [1.29, 1.82) is 0 Å². The number of hydrogen-bond acceptors (Lipinski definition) is 6. The molecule has 0 amide bonds. The molecule has 6 heteroatoms. The van der Waals surface area contributed by atoms with Crippen LogP contribution in [0.4, 0.5) is 0 Å². The minimum Gasteiger partial charge on any atom is -0.507 e. The molecule has 2 aromatic carbocycles. The van der Waals surface area contributed by atoms with Gasteiger partial charge in [0.25, 0.3) is 0 Å². The fraction of sp³-hybridized carbons (Fsp3) is 0.393. The van der Waals surface area contributed by atoms with Crippen LogP contribution in [0.5, 0.6) is 11.5 Å². The van der Waals surface area contributed by atoms with Gasteiger partial charge in [0.2, 0.25) is 0 Å². The number of rotatable bonds is 3. The molecule has 0 unspecified atom stereocenters. The highest BCUT2D eigenvalue weighted by Crippen LogP contribution is 2.33. The van der Waals surface area contributed by atoms with Crippen molar-refractivity contribution in [3.05, 3.63) is 77.4 Å². The van der Waals surface area contributed by atoms with Crippen LogP contribution in [0.3, 0.4) is 0 Å². The zero-order chi connectivity index (χ0) is 24.1. The fourth-order valence-corrected chi connectivity index (χ4v) is 4.21. The molecule has 1 saturated heterocycles. The molecule has 0 aromatic heterocycles. The first-order valence-electron chi connectivity index (χ1n) is 11.7. The van der Waals surface area contributed by atoms with Gasteiger partial charge in [-0.25, -0.2) is 4.79 Å². The van der Waals surface area contributed by atoms with Crippen LogP contribution in [0.1, 0.15) is 61.5 Å². The number of allylic oxidation sites excluding steroid dienone is 1. The molecule has 2 aliphatic heterocycles. The van der Waals surface area contributed by atoms with Crippen molar-refractivity contribution in [1.82, 2.24) is 0 Å². The van der Waals surface area contributed by atoms with E-state index in [4.69, 9.17) is 18.9 Å². The highest BCUT2D eigenvalue weighted by atomic mass is 16.7. The van der Waals surface area contributed by atoms with Crippen LogP contribution >= 0.6 is 0 Å². The summed E-state index contributed by atoms with van der Waals surface area (Å²) in [6.07, 6.45) is 9.17. The number of hydrogen-bond donors (Lipinski definition) is 1. The Bertz CT molecular complexity index is 1060. The van der Waals surface area contributed by atoms with E-state index in [0.29, 0.717) is 24.3 Å². The van der Waals surface area contributed by atoms with Crippen LogP contribution in [0, 0.1) is 0 Å². The third kappa shape index (κ3) is 6.07. The lowest BCUT2D eigenvalue weighted by Gasteiger charge is -2.17. The second-order valence-electron chi connectivity index (χ2n) is 9.18. The van der Waals surface area contributed by atoms with Crippen molar-refractivity contribution in [2.24, 2.45) is 0 Å². The van der Waals surface area contributed by atoms with E-state index in [1.165, 1.54) is 6.07 Å². The van der Waals surface area contributed by atoms with Crippen molar-refractivity contribution < 1.29 is 28.8 Å². The smallest absolute Gasteiger partial charge is 0.342 e. The van der Waals surface area contributed by atoms with Crippen LogP contribution in [-0.2, 0) is 20.8 Å². The van der Waals surface area contributed by atoms with E-state index < -0.39 is 11.8 Å². The summed E-state index contributed by atoms with van der Waals surface area (Å²) in [7, 11) is 0. The zero-order valence-electron chi connectivity index (χ0n) is 19.9. The number of benzene rings is 2. The Morgan fingerprint density at radius 1 is 1.12 bits per heavy atom. The molecule has 0 saturated carbocycles. The Morgan fingerprint density at radius 3 is 2.71 bits per heavy atom. The summed E-state index contributed by atoms with van der Waals surface area (Å²) in [5.41, 5.74) is 1.69. The number of esters is 1. The lowest BCUT2D eigenvalue weighted by molar-refractivity contribution is -0.143. The second-order valence-corrected chi connectivity index (χ2v) is 9.18. The monoisotopic (exact) mass is 464 g/mol. The van der Waals surface area contributed by atoms with E-state index in [2.05, 4.69) is 0 Å². The molecule has 180 valence electrons. The van der Waals surface area contributed by atoms with Crippen LogP contribution < -0.4 is 4.74 Å². The van der Waals surface area contributed by atoms with Crippen LogP contribution in [0.15, 0.2) is 60.7 Å². The number of cyclic esters (lactones) is 1. The van der Waals surface area contributed by atoms with Gasteiger partial charge in [0.05, 0.1) is 6.10 Å². The van der Waals surface area contributed by atoms with E-state index in [1.54, 1.807) is 6.07 Å². The molecular formula is C28H32O6. The first-order chi connectivity index (χ1) is 16.3. The predicted molar refractivity (Wildman–Crippen MR) is 130 cm³/mol. The van der Waals surface area contributed by atoms with E-state index in [1.807, 2.05) is 75.4 Å². The van der Waals surface area contributed by atoms with Crippen LogP contribution in [-0.4, -0.2) is 35.2 Å². The van der Waals surface area contributed by atoms with Gasteiger partial charge in [-0.2, -0.15) is 0 Å². The van der Waals surface area contributed by atoms with Gasteiger partial charge in [0, 0.05) is 12.5 Å². The molecule has 34 heavy (non-hydrogen) atoms. The van der Waals surface area contributed by atoms with Gasteiger partial charge >= 0.3 is 5.97 Å². The first-order valence-corrected chi connectivity index (χ1v) is 11.7. The van der Waals surface area contributed by atoms with Crippen LogP contribution in [0.2, 0.25) is 0 Å². The minimum atomic E-state index is -0.640. The van der Waals surface area contributed by atoms with E-state index in [0.717, 1.165) is 18.4 Å². The highest BCUT2D eigenvalue weighted by molar-refractivity contribution is 5.97. The highest BCUT2D eigenvalue weighted by Gasteiger charge is 2.39. The van der Waals surface area contributed by atoms with E-state index in [9.17, 15) is 9.90 Å². The molecule has 0 bridgehead atoms. The average Bonchev–Trinajstić information content (AvgIpc) is 3.08. The number of ether oxygens (including phenoxy) is 4. The van der Waals surface area contributed by atoms with Gasteiger partial charge < -0.3 is 24.1 Å². The third-order valence-corrected chi connectivity index (χ3v) is 5.81. The minimum absolute atomic E-state index is 0.0647. The Hall–Kier alpha value is -3.09. The summed E-state index contributed by atoms with van der Waals surface area (Å²) in [5.74, 6) is -0.897. The number of phenolic OH excluding ortho intramolecular Hbond substituents is 1. The molecule has 2 aliphatic rings. The Labute approximate surface area is 200 Å². The number of aromatic hydroxyl groups is 1. The maximum absolute atomic E-state index is 12.9. The average molecular weight is 465 g/mol. The Kier molecular flexibility index (Phi) is 7.39. The first kappa shape index (κ1) is 24.0. The van der Waals surface area contributed by atoms with E-state index >= 15 is 0 Å². The molecule has 3 atom stereocenters. The Balaban J connectivity index is 1.59. The van der Waals surface area contributed by atoms with Crippen molar-refractivity contribution in [3.8, 4) is 11.5 Å². The SMILES string of the molecule is C[C@H]1C/C=C\[C@@H]2OC(C)(C)O[C@H]2CC/C=C\c2cc(OCc3ccccc3)cc(O)c2C(=O)O1. The van der Waals surface area contributed by atoms with Gasteiger partial charge in [-0.3, -0.25) is 0 Å². The lowest BCUT2D eigenvalue weighted by Crippen LogP contribution is -2.21. The van der Waals surface area contributed by atoms with Gasteiger partial charge in [0.1, 0.15) is 35.9 Å². The van der Waals surface area contributed by atoms with Gasteiger partial charge in [-0.15, -0.1) is 0 Å². The summed E-state index contributed by atoms with van der Waals surface area (Å²) >= 11 is 0. The molecule has 0 radical (unpaired) electrons. The molecule has 0 aliphatic carbocycles. The molecule has 1 fully saturated rings. The largest absolute Gasteiger partial charge is 0.507 e. The molecule has 4 rings (SSSR count). The molecule has 2 aromatic rings. The summed E-state index contributed by atoms with van der Waals surface area (Å²) in [6.45, 7) is 6.01. The number of fused-ring (bicyclic) bond motifs is 2. The normalized spacial score (nSPS) is 26.4. The number of carbonyl (C=O) groups is 1. The lowest BCUT2D eigenvalue weighted by atomic mass is 10.0. The standard InChI is InChI=1S/C28H32O6/c1-19-10-9-15-25-24(33-28(2,3)34-25)14-8-7-13-21-16-22(17-23(29)26(21)27(30)32-19)31-18-20-11-5-4-6-12-20/h4-7,9,11-13,15-17,19,24-25,29H,8,10,14,18H2,1-3H3/b13-7-,15-9-/t19-,24-,25-/m0/s1. The van der Waals surface area contributed by atoms with Crippen molar-refractivity contribution in [2.45, 2.75) is 70.7 Å².